The molecule has 158 valence electrons. The van der Waals surface area contributed by atoms with Gasteiger partial charge in [-0.05, 0) is 56.0 Å². The van der Waals surface area contributed by atoms with Crippen LogP contribution >= 0.6 is 0 Å². The Balaban J connectivity index is 1.37. The van der Waals surface area contributed by atoms with Gasteiger partial charge in [-0.3, -0.25) is 9.59 Å². The Kier molecular flexibility index (Phi) is 5.67. The number of aromatic nitrogens is 2. The molecule has 0 radical (unpaired) electrons. The predicted octanol–water partition coefficient (Wildman–Crippen LogP) is 1.86. The molecule has 2 amide bonds. The largest absolute Gasteiger partial charge is 0.342 e. The van der Waals surface area contributed by atoms with Gasteiger partial charge in [-0.15, -0.1) is 0 Å². The molecule has 0 bridgehead atoms. The molecule has 9 nitrogen and oxygen atoms in total. The Hall–Kier alpha value is -3.01. The molecule has 1 aromatic carbocycles. The predicted molar refractivity (Wildman–Crippen MR) is 110 cm³/mol. The molecular weight excluding hydrogens is 406 g/mol. The number of rotatable bonds is 6. The molecule has 1 aliphatic heterocycles. The number of nitrogens with one attached hydrogen (secondary N) is 2. The monoisotopic (exact) mass is 429 g/mol. The van der Waals surface area contributed by atoms with Gasteiger partial charge in [0.05, 0.1) is 10.8 Å². The maximum atomic E-state index is 12.6. The van der Waals surface area contributed by atoms with Crippen LogP contribution in [0.25, 0.3) is 0 Å². The summed E-state index contributed by atoms with van der Waals surface area (Å²) in [5.74, 6) is -0.123. The highest BCUT2D eigenvalue weighted by Gasteiger charge is 2.36. The summed E-state index contributed by atoms with van der Waals surface area (Å²) in [4.78, 5) is 34.4. The average Bonchev–Trinajstić information content (AvgIpc) is 3.59. The van der Waals surface area contributed by atoms with Crippen LogP contribution in [-0.2, 0) is 19.6 Å². The van der Waals surface area contributed by atoms with Crippen LogP contribution in [0.15, 0.2) is 47.6 Å². The lowest BCUT2D eigenvalue weighted by Crippen LogP contribution is -2.44. The van der Waals surface area contributed by atoms with Crippen LogP contribution in [0.4, 0.5) is 11.6 Å². The fourth-order valence-corrected chi connectivity index (χ4v) is 4.43. The van der Waals surface area contributed by atoms with Crippen LogP contribution in [0.3, 0.4) is 0 Å². The molecule has 1 aromatic heterocycles. The minimum absolute atomic E-state index is 0.0162. The summed E-state index contributed by atoms with van der Waals surface area (Å²) >= 11 is 0. The standard InChI is InChI=1S/C20H23N5O4S/c26-18(15-3-1-12-25(13-15)19(27)14-4-5-14)23-16-6-8-17(9-7-16)30(28,29)24-20-21-10-2-11-22-20/h2,6-11,14-15H,1,3-5,12-13H2,(H,23,26)(H,21,22,24). The van der Waals surface area contributed by atoms with E-state index in [9.17, 15) is 18.0 Å². The lowest BCUT2D eigenvalue weighted by molar-refractivity contribution is -0.135. The van der Waals surface area contributed by atoms with Gasteiger partial charge in [-0.25, -0.2) is 23.1 Å². The Morgan fingerprint density at radius 1 is 1.00 bits per heavy atom. The van der Waals surface area contributed by atoms with Gasteiger partial charge in [0.15, 0.2) is 0 Å². The molecule has 0 spiro atoms. The zero-order chi connectivity index (χ0) is 21.1. The molecule has 10 heteroatoms. The van der Waals surface area contributed by atoms with E-state index in [0.29, 0.717) is 18.8 Å². The van der Waals surface area contributed by atoms with Gasteiger partial charge in [0.1, 0.15) is 0 Å². The van der Waals surface area contributed by atoms with Gasteiger partial charge in [-0.2, -0.15) is 0 Å². The van der Waals surface area contributed by atoms with E-state index in [4.69, 9.17) is 0 Å². The Morgan fingerprint density at radius 2 is 1.70 bits per heavy atom. The number of hydrogen-bond donors (Lipinski definition) is 2. The van der Waals surface area contributed by atoms with Crippen LogP contribution in [0.2, 0.25) is 0 Å². The third-order valence-electron chi connectivity index (χ3n) is 5.25. The smallest absolute Gasteiger partial charge is 0.264 e. The van der Waals surface area contributed by atoms with Crippen LogP contribution < -0.4 is 10.0 Å². The van der Waals surface area contributed by atoms with Crippen molar-refractivity contribution >= 4 is 33.5 Å². The van der Waals surface area contributed by atoms with Crippen molar-refractivity contribution in [2.24, 2.45) is 11.8 Å². The fourth-order valence-electron chi connectivity index (χ4n) is 3.47. The summed E-state index contributed by atoms with van der Waals surface area (Å²) in [7, 11) is -3.83. The Labute approximate surface area is 175 Å². The highest BCUT2D eigenvalue weighted by molar-refractivity contribution is 7.92. The second-order valence-corrected chi connectivity index (χ2v) is 9.27. The zero-order valence-electron chi connectivity index (χ0n) is 16.3. The minimum Gasteiger partial charge on any atom is -0.342 e. The molecule has 2 aromatic rings. The maximum absolute atomic E-state index is 12.6. The second-order valence-electron chi connectivity index (χ2n) is 7.59. The lowest BCUT2D eigenvalue weighted by Gasteiger charge is -2.32. The van der Waals surface area contributed by atoms with Crippen molar-refractivity contribution in [3.05, 3.63) is 42.7 Å². The number of piperidine rings is 1. The second kappa shape index (κ2) is 8.39. The average molecular weight is 430 g/mol. The first kappa shape index (κ1) is 20.3. The van der Waals surface area contributed by atoms with E-state index in [2.05, 4.69) is 20.0 Å². The van der Waals surface area contributed by atoms with Crippen molar-refractivity contribution in [2.75, 3.05) is 23.1 Å². The Morgan fingerprint density at radius 3 is 2.37 bits per heavy atom. The number of amides is 2. The van der Waals surface area contributed by atoms with Crippen molar-refractivity contribution < 1.29 is 18.0 Å². The first-order valence-electron chi connectivity index (χ1n) is 9.92. The van der Waals surface area contributed by atoms with Crippen molar-refractivity contribution in [3.63, 3.8) is 0 Å². The van der Waals surface area contributed by atoms with E-state index in [0.717, 1.165) is 25.7 Å². The maximum Gasteiger partial charge on any atom is 0.264 e. The third kappa shape index (κ3) is 4.76. The fraction of sp³-hybridized carbons (Fsp3) is 0.400. The first-order chi connectivity index (χ1) is 14.4. The number of carbonyl (C=O) groups is 2. The number of anilines is 2. The number of sulfonamides is 1. The molecular formula is C20H23N5O4S. The molecule has 2 fully saturated rings. The van der Waals surface area contributed by atoms with E-state index in [1.165, 1.54) is 36.7 Å². The summed E-state index contributed by atoms with van der Waals surface area (Å²) in [6.07, 6.45) is 6.32. The van der Waals surface area contributed by atoms with Crippen molar-refractivity contribution in [1.82, 2.24) is 14.9 Å². The summed E-state index contributed by atoms with van der Waals surface area (Å²) in [5, 5.41) is 2.83. The molecule has 1 saturated carbocycles. The molecule has 1 aliphatic carbocycles. The van der Waals surface area contributed by atoms with Gasteiger partial charge >= 0.3 is 0 Å². The number of likely N-dealkylation sites (tertiary alicyclic amines) is 1. The van der Waals surface area contributed by atoms with E-state index in [1.807, 2.05) is 0 Å². The SMILES string of the molecule is O=C(Nc1ccc(S(=O)(=O)Nc2ncccn2)cc1)C1CCCN(C(=O)C2CC2)C1. The van der Waals surface area contributed by atoms with Crippen LogP contribution in [0.1, 0.15) is 25.7 Å². The summed E-state index contributed by atoms with van der Waals surface area (Å²) < 4.78 is 27.2. The van der Waals surface area contributed by atoms with Crippen molar-refractivity contribution in [1.29, 1.82) is 0 Å². The summed E-state index contributed by atoms with van der Waals surface area (Å²) in [5.41, 5.74) is 0.501. The zero-order valence-corrected chi connectivity index (χ0v) is 17.1. The third-order valence-corrected chi connectivity index (χ3v) is 6.60. The van der Waals surface area contributed by atoms with E-state index in [-0.39, 0.29) is 34.5 Å². The molecule has 1 saturated heterocycles. The van der Waals surface area contributed by atoms with Gasteiger partial charge < -0.3 is 10.2 Å². The molecule has 30 heavy (non-hydrogen) atoms. The first-order valence-corrected chi connectivity index (χ1v) is 11.4. The van der Waals surface area contributed by atoms with Crippen LogP contribution in [0, 0.1) is 11.8 Å². The molecule has 2 aliphatic rings. The van der Waals surface area contributed by atoms with E-state index >= 15 is 0 Å². The molecule has 1 atom stereocenters. The number of benzene rings is 1. The van der Waals surface area contributed by atoms with Crippen molar-refractivity contribution in [3.8, 4) is 0 Å². The van der Waals surface area contributed by atoms with Gasteiger partial charge in [-0.1, -0.05) is 0 Å². The lowest BCUT2D eigenvalue weighted by atomic mass is 9.96. The van der Waals surface area contributed by atoms with Gasteiger partial charge in [0, 0.05) is 37.1 Å². The number of carbonyl (C=O) groups excluding carboxylic acids is 2. The van der Waals surface area contributed by atoms with Gasteiger partial charge in [0.25, 0.3) is 10.0 Å². The molecule has 4 rings (SSSR count). The molecule has 2 heterocycles. The normalized spacial score (nSPS) is 19.2. The van der Waals surface area contributed by atoms with Crippen LogP contribution in [-0.4, -0.2) is 48.2 Å². The van der Waals surface area contributed by atoms with Crippen LogP contribution in [0.5, 0.6) is 0 Å². The number of hydrogen-bond acceptors (Lipinski definition) is 6. The Bertz CT molecular complexity index is 1020. The summed E-state index contributed by atoms with van der Waals surface area (Å²) in [6.45, 7) is 1.15. The highest BCUT2D eigenvalue weighted by Crippen LogP contribution is 2.32. The van der Waals surface area contributed by atoms with E-state index < -0.39 is 10.0 Å². The topological polar surface area (TPSA) is 121 Å². The molecule has 2 N–H and O–H groups in total. The highest BCUT2D eigenvalue weighted by atomic mass is 32.2. The minimum atomic E-state index is -3.83. The van der Waals surface area contributed by atoms with E-state index in [1.54, 1.807) is 11.0 Å². The molecule has 1 unspecified atom stereocenters. The number of nitrogens with zero attached hydrogens (tertiary/aromatic N) is 3. The van der Waals surface area contributed by atoms with Gasteiger partial charge in [0.2, 0.25) is 17.8 Å². The summed E-state index contributed by atoms with van der Waals surface area (Å²) in [6, 6.07) is 7.47. The van der Waals surface area contributed by atoms with Crippen molar-refractivity contribution in [2.45, 2.75) is 30.6 Å². The quantitative estimate of drug-likeness (QED) is 0.723.